The molecule has 0 saturated carbocycles. The van der Waals surface area contributed by atoms with Gasteiger partial charge in [-0.15, -0.1) is 5.06 Å². The van der Waals surface area contributed by atoms with Crippen molar-refractivity contribution in [3.05, 3.63) is 308 Å². The summed E-state index contributed by atoms with van der Waals surface area (Å²) < 4.78 is 59.4. The third-order valence-electron chi connectivity index (χ3n) is 21.1. The molecule has 7 aliphatic rings. The van der Waals surface area contributed by atoms with Gasteiger partial charge in [0.05, 0.1) is 67.3 Å². The second-order valence-corrected chi connectivity index (χ2v) is 31.8. The number of carbonyl (C=O) groups excluding carboxylic acids is 11. The SMILES string of the molecule is CC(=O)CC(=O)N1Cc2ccccc2C#Cc2ccccc21.CCCC(=O)N1Cc2ccccc2C#Cc2ccccc21.O=C(CC(=O)N1Cc2ccccc2C#Cc2ccccc21)ON1C(=O)CC(S(=O)(=O)O)C1=O.O=C(CCN1C(=O)C=CC1=O)NCCC(=O)N1Cc2ccccc2C#Cc2ccccc21.O=C(O)c1ccc(CC2CCCCC#CC2(F)F)cc1. The van der Waals surface area contributed by atoms with Gasteiger partial charge in [-0.05, 0) is 151 Å². The third kappa shape index (κ3) is 23.9. The van der Waals surface area contributed by atoms with E-state index < -0.39 is 81.5 Å². The summed E-state index contributed by atoms with van der Waals surface area (Å²) in [6, 6.07) is 66.6. The lowest BCUT2D eigenvalue weighted by Gasteiger charge is -2.26. The maximum atomic E-state index is 13.9. The maximum Gasteiger partial charge on any atom is 0.342 e. The number of ketones is 1. The Balaban J connectivity index is 0.000000147. The Bertz CT molecular complexity index is 6370. The average molecular weight is 1740 g/mol. The molecule has 9 aromatic rings. The minimum Gasteiger partial charge on any atom is -0.478 e. The molecule has 9 amide bonds. The van der Waals surface area contributed by atoms with E-state index in [2.05, 4.69) is 69.4 Å². The molecule has 1 aliphatic carbocycles. The zero-order valence-corrected chi connectivity index (χ0v) is 70.5. The van der Waals surface area contributed by atoms with Crippen LogP contribution >= 0.6 is 0 Å². The van der Waals surface area contributed by atoms with Crippen LogP contribution in [0.5, 0.6) is 0 Å². The van der Waals surface area contributed by atoms with E-state index in [1.807, 2.05) is 170 Å². The number of fused-ring (bicyclic) bond motifs is 8. The summed E-state index contributed by atoms with van der Waals surface area (Å²) >= 11 is 0. The van der Waals surface area contributed by atoms with Gasteiger partial charge in [0, 0.05) is 101 Å². The molecule has 27 heteroatoms. The first-order valence-corrected chi connectivity index (χ1v) is 42.6. The predicted octanol–water partition coefficient (Wildman–Crippen LogP) is 13.0. The summed E-state index contributed by atoms with van der Waals surface area (Å²) in [4.78, 5) is 157. The molecule has 2 atom stereocenters. The van der Waals surface area contributed by atoms with E-state index in [0.29, 0.717) is 50.1 Å². The number of carboxylic acid groups (broad SMARTS) is 1. The lowest BCUT2D eigenvalue weighted by Crippen LogP contribution is -2.39. The molecule has 9 aromatic carbocycles. The molecule has 646 valence electrons. The second kappa shape index (κ2) is 42.7. The molecule has 24 nitrogen and oxygen atoms in total. The largest absolute Gasteiger partial charge is 0.478 e. The fourth-order valence-electron chi connectivity index (χ4n) is 14.5. The van der Waals surface area contributed by atoms with Crippen LogP contribution in [0.25, 0.3) is 0 Å². The number of carbonyl (C=O) groups is 12. The molecule has 0 radical (unpaired) electrons. The molecular formula is C101H85F2N7O17S. The van der Waals surface area contributed by atoms with Gasteiger partial charge in [-0.3, -0.25) is 57.4 Å². The van der Waals surface area contributed by atoms with Crippen LogP contribution in [0.2, 0.25) is 0 Å². The van der Waals surface area contributed by atoms with Gasteiger partial charge in [0.2, 0.25) is 29.5 Å². The molecule has 1 saturated heterocycles. The van der Waals surface area contributed by atoms with Crippen molar-refractivity contribution in [3.63, 3.8) is 0 Å². The van der Waals surface area contributed by atoms with Gasteiger partial charge >= 0.3 is 17.9 Å². The van der Waals surface area contributed by atoms with Crippen LogP contribution in [-0.4, -0.2) is 123 Å². The summed E-state index contributed by atoms with van der Waals surface area (Å²) in [6.45, 7) is 5.14. The number of carboxylic acids is 1. The van der Waals surface area contributed by atoms with Crippen LogP contribution in [0.4, 0.5) is 31.5 Å². The summed E-state index contributed by atoms with van der Waals surface area (Å²) in [5.74, 6) is 19.1. The summed E-state index contributed by atoms with van der Waals surface area (Å²) in [7, 11) is -4.85. The van der Waals surface area contributed by atoms with Gasteiger partial charge in [-0.25, -0.2) is 9.59 Å². The molecule has 0 aromatic heterocycles. The number of imide groups is 2. The van der Waals surface area contributed by atoms with Crippen LogP contribution in [-0.2, 0) is 100 Å². The Morgan fingerprint density at radius 2 is 0.875 bits per heavy atom. The molecule has 0 bridgehead atoms. The summed E-state index contributed by atoms with van der Waals surface area (Å²) in [6.07, 6.45) is 4.90. The first kappa shape index (κ1) is 91.7. The highest BCUT2D eigenvalue weighted by Crippen LogP contribution is 2.35. The minimum absolute atomic E-state index is 0.0110. The van der Waals surface area contributed by atoms with E-state index in [4.69, 9.17) is 9.66 Å². The Morgan fingerprint density at radius 3 is 1.27 bits per heavy atom. The van der Waals surface area contributed by atoms with Gasteiger partial charge in [-0.1, -0.05) is 200 Å². The minimum atomic E-state index is -4.85. The number of hydroxylamine groups is 2. The highest BCUT2D eigenvalue weighted by Gasteiger charge is 2.49. The lowest BCUT2D eigenvalue weighted by molar-refractivity contribution is -0.197. The fraction of sp³-hybridized carbons (Fsp3) is 0.228. The molecular weight excluding hydrogens is 1650 g/mol. The fourth-order valence-corrected chi connectivity index (χ4v) is 15.2. The standard InChI is InChI=1S/C25H21N3O4.C22H16N2O8S.C19H15NO2.C19H17NO.C16H16F2O2/c29-22(14-16-27-23(30)11-12-24(27)31)26-15-13-25(32)28-17-20-7-2-1-5-18(20)9-10-19-6-3-4-8-21(19)28;25-19(12-21(27)32-24-20(26)11-18(22(24)28)33(29,30)31)23-13-16-7-2-1-5-14(16)9-10-15-6-3-4-8-17(15)23;1-14(21)12-19(22)20-13-17-8-3-2-6-15(17)10-11-16-7-4-5-9-18(16)20;1-2-7-19(21)20-14-17-10-4-3-8-15(17)12-13-16-9-5-6-11-18(16)20;17-16(18)10-4-2-1-3-5-14(16)11-12-6-8-13(9-7-12)15(19)20/h1-8,11-12H,13-17H2,(H,26,29);1-8,18H,11-13H2,(H,29,30,31);2-9H,12-13H2,1H3;3-6,8-11H,2,7,14H2,1H3;6-9,14H,1-3,5,11H2,(H,19,20). The molecule has 6 aliphatic heterocycles. The van der Waals surface area contributed by atoms with E-state index in [-0.39, 0.29) is 85.4 Å². The molecule has 3 N–H and O–H groups in total. The van der Waals surface area contributed by atoms with Crippen molar-refractivity contribution in [2.24, 2.45) is 5.92 Å². The quantitative estimate of drug-likeness (QED) is 0.0330. The van der Waals surface area contributed by atoms with E-state index in [1.165, 1.54) is 36.1 Å². The predicted molar refractivity (Wildman–Crippen MR) is 473 cm³/mol. The topological polar surface area (TPSA) is 320 Å². The molecule has 0 spiro atoms. The van der Waals surface area contributed by atoms with Gasteiger partial charge in [0.1, 0.15) is 12.2 Å². The maximum absolute atomic E-state index is 13.9. The molecule has 16 rings (SSSR count). The lowest BCUT2D eigenvalue weighted by atomic mass is 9.87. The zero-order chi connectivity index (χ0) is 91.0. The molecule has 128 heavy (non-hydrogen) atoms. The van der Waals surface area contributed by atoms with Crippen LogP contribution in [0.1, 0.15) is 167 Å². The number of alkyl halides is 2. The number of hydrogen-bond acceptors (Lipinski definition) is 15. The zero-order valence-electron chi connectivity index (χ0n) is 69.7. The Morgan fingerprint density at radius 1 is 0.492 bits per heavy atom. The van der Waals surface area contributed by atoms with Crippen molar-refractivity contribution in [1.82, 2.24) is 15.3 Å². The van der Waals surface area contributed by atoms with Crippen LogP contribution in [0.15, 0.2) is 231 Å². The molecule has 6 heterocycles. The number of halogens is 2. The number of benzene rings is 9. The van der Waals surface area contributed by atoms with Crippen LogP contribution in [0, 0.1) is 65.1 Å². The monoisotopic (exact) mass is 1740 g/mol. The smallest absolute Gasteiger partial charge is 0.342 e. The Kier molecular flexibility index (Phi) is 30.6. The number of rotatable bonds is 17. The van der Waals surface area contributed by atoms with E-state index in [0.717, 1.165) is 108 Å². The normalized spacial score (nSPS) is 15.4. The van der Waals surface area contributed by atoms with Crippen LogP contribution in [0.3, 0.4) is 0 Å². The number of Topliss-reactive ketones (excluding diaryl/α,β-unsaturated/α-hetero) is 1. The summed E-state index contributed by atoms with van der Waals surface area (Å²) in [5.41, 5.74) is 14.1. The van der Waals surface area contributed by atoms with Crippen molar-refractivity contribution >= 4 is 104 Å². The van der Waals surface area contributed by atoms with Crippen molar-refractivity contribution in [1.29, 1.82) is 0 Å². The van der Waals surface area contributed by atoms with E-state index in [1.54, 1.807) is 58.3 Å². The Hall–Kier alpha value is -15.5. The molecule has 1 fully saturated rings. The van der Waals surface area contributed by atoms with Gasteiger partial charge in [0.25, 0.3) is 33.7 Å². The third-order valence-corrected chi connectivity index (χ3v) is 22.2. The molecule has 2 unspecified atom stereocenters. The number of hydrogen-bond donors (Lipinski definition) is 3. The van der Waals surface area contributed by atoms with Crippen molar-refractivity contribution in [2.45, 2.75) is 128 Å². The van der Waals surface area contributed by atoms with Gasteiger partial charge < -0.3 is 34.9 Å². The number of aromatic carboxylic acids is 1. The van der Waals surface area contributed by atoms with Crippen molar-refractivity contribution < 1.29 is 89.2 Å². The second-order valence-electron chi connectivity index (χ2n) is 30.2. The highest BCUT2D eigenvalue weighted by atomic mass is 32.2. The number of nitrogens with one attached hydrogen (secondary N) is 1. The van der Waals surface area contributed by atoms with Crippen LogP contribution < -0.4 is 24.9 Å². The summed E-state index contributed by atoms with van der Waals surface area (Å²) in [5, 5.41) is 9.42. The first-order valence-electron chi connectivity index (χ1n) is 41.1. The van der Waals surface area contributed by atoms with Crippen molar-refractivity contribution in [2.75, 3.05) is 32.7 Å². The van der Waals surface area contributed by atoms with Gasteiger partial charge in [0.15, 0.2) is 5.25 Å². The first-order chi connectivity index (χ1) is 61.6. The van der Waals surface area contributed by atoms with Gasteiger partial charge in [-0.2, -0.15) is 17.2 Å². The average Bonchev–Trinajstić information content (AvgIpc) is 1.53. The Labute approximate surface area is 738 Å². The number of amides is 9. The number of para-hydroxylation sites is 4. The van der Waals surface area contributed by atoms with E-state index >= 15 is 0 Å². The highest BCUT2D eigenvalue weighted by molar-refractivity contribution is 7.87. The van der Waals surface area contributed by atoms with Crippen molar-refractivity contribution in [3.8, 4) is 59.2 Å². The number of nitrogens with zero attached hydrogens (tertiary/aromatic N) is 6. The van der Waals surface area contributed by atoms with E-state index in [9.17, 15) is 74.7 Å². The number of anilines is 4.